The van der Waals surface area contributed by atoms with E-state index in [1.165, 1.54) is 12.8 Å². The molecule has 2 atom stereocenters. The Morgan fingerprint density at radius 3 is 2.00 bits per heavy atom. The van der Waals surface area contributed by atoms with Crippen molar-refractivity contribution >= 4 is 11.6 Å². The van der Waals surface area contributed by atoms with Crippen molar-refractivity contribution in [3.05, 3.63) is 0 Å². The number of halogens is 1. The van der Waals surface area contributed by atoms with E-state index in [0.717, 1.165) is 11.8 Å². The van der Waals surface area contributed by atoms with Crippen molar-refractivity contribution in [1.82, 2.24) is 0 Å². The fraction of sp³-hybridized carbons (Fsp3) is 1.00. The van der Waals surface area contributed by atoms with E-state index in [4.69, 9.17) is 11.6 Å². The molecule has 0 aliphatic heterocycles. The molecule has 0 spiro atoms. The second-order valence-electron chi connectivity index (χ2n) is 4.97. The lowest BCUT2D eigenvalue weighted by atomic mass is 9.77. The Bertz CT molecular complexity index is 113. The molecule has 0 aromatic carbocycles. The Hall–Kier alpha value is 0.290. The standard InChI is InChI=1S/C11H23Cl/c1-6-9(2)7-10(8-12)11(3,4)5/h9-10H,6-8H2,1-5H3. The van der Waals surface area contributed by atoms with Gasteiger partial charge in [0.2, 0.25) is 0 Å². The molecule has 0 aromatic rings. The third kappa shape index (κ3) is 4.35. The second kappa shape index (κ2) is 5.11. The molecule has 0 saturated heterocycles. The van der Waals surface area contributed by atoms with Crippen LogP contribution in [0.2, 0.25) is 0 Å². The summed E-state index contributed by atoms with van der Waals surface area (Å²) >= 11 is 5.95. The van der Waals surface area contributed by atoms with Crippen molar-refractivity contribution in [1.29, 1.82) is 0 Å². The monoisotopic (exact) mass is 190 g/mol. The topological polar surface area (TPSA) is 0 Å². The molecule has 0 bridgehead atoms. The van der Waals surface area contributed by atoms with Gasteiger partial charge < -0.3 is 0 Å². The van der Waals surface area contributed by atoms with Crippen molar-refractivity contribution < 1.29 is 0 Å². The van der Waals surface area contributed by atoms with Crippen LogP contribution < -0.4 is 0 Å². The average Bonchev–Trinajstić information content (AvgIpc) is 1.97. The molecule has 0 N–H and O–H groups in total. The van der Waals surface area contributed by atoms with Gasteiger partial charge in [0.15, 0.2) is 0 Å². The number of hydrogen-bond acceptors (Lipinski definition) is 0. The minimum atomic E-state index is 0.366. The number of alkyl halides is 1. The molecule has 0 saturated carbocycles. The smallest absolute Gasteiger partial charge is 0.0256 e. The first kappa shape index (κ1) is 12.3. The molecule has 1 heteroatoms. The van der Waals surface area contributed by atoms with Crippen LogP contribution in [0.5, 0.6) is 0 Å². The normalized spacial score (nSPS) is 17.5. The van der Waals surface area contributed by atoms with Crippen molar-refractivity contribution in [3.8, 4) is 0 Å². The van der Waals surface area contributed by atoms with Crippen molar-refractivity contribution in [2.45, 2.75) is 47.5 Å². The highest BCUT2D eigenvalue weighted by Crippen LogP contribution is 2.32. The molecule has 74 valence electrons. The zero-order chi connectivity index (χ0) is 9.78. The van der Waals surface area contributed by atoms with E-state index in [9.17, 15) is 0 Å². The molecule has 0 aliphatic carbocycles. The van der Waals surface area contributed by atoms with Crippen molar-refractivity contribution in [3.63, 3.8) is 0 Å². The zero-order valence-corrected chi connectivity index (χ0v) is 9.91. The minimum Gasteiger partial charge on any atom is -0.126 e. The van der Waals surface area contributed by atoms with Crippen molar-refractivity contribution in [2.24, 2.45) is 17.3 Å². The molecule has 0 aromatic heterocycles. The summed E-state index contributed by atoms with van der Waals surface area (Å²) in [5.74, 6) is 2.27. The summed E-state index contributed by atoms with van der Waals surface area (Å²) < 4.78 is 0. The van der Waals surface area contributed by atoms with E-state index in [1.54, 1.807) is 0 Å². The summed E-state index contributed by atoms with van der Waals surface area (Å²) in [6.07, 6.45) is 2.53. The largest absolute Gasteiger partial charge is 0.126 e. The molecular formula is C11H23Cl. The molecule has 0 heterocycles. The maximum absolute atomic E-state index is 5.95. The summed E-state index contributed by atoms with van der Waals surface area (Å²) in [5.41, 5.74) is 0.366. The fourth-order valence-corrected chi connectivity index (χ4v) is 1.89. The summed E-state index contributed by atoms with van der Waals surface area (Å²) in [7, 11) is 0. The van der Waals surface area contributed by atoms with E-state index in [0.29, 0.717) is 11.3 Å². The first-order chi connectivity index (χ1) is 5.41. The molecule has 0 rings (SSSR count). The summed E-state index contributed by atoms with van der Waals surface area (Å²) in [6, 6.07) is 0. The number of rotatable bonds is 4. The van der Waals surface area contributed by atoms with Gasteiger partial charge in [-0.25, -0.2) is 0 Å². The van der Waals surface area contributed by atoms with Gasteiger partial charge in [-0.15, -0.1) is 11.6 Å². The first-order valence-electron chi connectivity index (χ1n) is 4.97. The van der Waals surface area contributed by atoms with Crippen LogP contribution in [0, 0.1) is 17.3 Å². The highest BCUT2D eigenvalue weighted by molar-refractivity contribution is 6.18. The van der Waals surface area contributed by atoms with Crippen LogP contribution in [0.1, 0.15) is 47.5 Å². The highest BCUT2D eigenvalue weighted by Gasteiger charge is 2.24. The molecule has 0 nitrogen and oxygen atoms in total. The molecule has 12 heavy (non-hydrogen) atoms. The SMILES string of the molecule is CCC(C)CC(CCl)C(C)(C)C. The molecule has 0 aliphatic rings. The van der Waals surface area contributed by atoms with Gasteiger partial charge in [0, 0.05) is 5.88 Å². The van der Waals surface area contributed by atoms with Crippen LogP contribution in [-0.2, 0) is 0 Å². The third-order valence-corrected chi connectivity index (χ3v) is 3.17. The number of hydrogen-bond donors (Lipinski definition) is 0. The Labute approximate surface area is 82.7 Å². The lowest BCUT2D eigenvalue weighted by molar-refractivity contribution is 0.220. The lowest BCUT2D eigenvalue weighted by Crippen LogP contribution is -2.23. The van der Waals surface area contributed by atoms with E-state index in [-0.39, 0.29) is 0 Å². The van der Waals surface area contributed by atoms with Crippen LogP contribution in [0.25, 0.3) is 0 Å². The Morgan fingerprint density at radius 2 is 1.75 bits per heavy atom. The van der Waals surface area contributed by atoms with E-state index in [2.05, 4.69) is 34.6 Å². The van der Waals surface area contributed by atoms with Gasteiger partial charge in [-0.3, -0.25) is 0 Å². The van der Waals surface area contributed by atoms with Gasteiger partial charge in [-0.2, -0.15) is 0 Å². The van der Waals surface area contributed by atoms with Gasteiger partial charge in [0.25, 0.3) is 0 Å². The van der Waals surface area contributed by atoms with Gasteiger partial charge in [-0.05, 0) is 23.7 Å². The third-order valence-electron chi connectivity index (χ3n) is 2.79. The second-order valence-corrected chi connectivity index (χ2v) is 5.27. The molecule has 0 radical (unpaired) electrons. The van der Waals surface area contributed by atoms with Gasteiger partial charge in [-0.1, -0.05) is 41.0 Å². The average molecular weight is 191 g/mol. The quantitative estimate of drug-likeness (QED) is 0.580. The molecule has 0 fully saturated rings. The van der Waals surface area contributed by atoms with Crippen LogP contribution in [-0.4, -0.2) is 5.88 Å². The Morgan fingerprint density at radius 1 is 1.25 bits per heavy atom. The van der Waals surface area contributed by atoms with E-state index >= 15 is 0 Å². The predicted octanol–water partition coefficient (Wildman–Crippen LogP) is 4.32. The Balaban J connectivity index is 4.00. The molecule has 2 unspecified atom stereocenters. The summed E-state index contributed by atoms with van der Waals surface area (Å²) in [4.78, 5) is 0. The van der Waals surface area contributed by atoms with Crippen LogP contribution in [0.3, 0.4) is 0 Å². The maximum Gasteiger partial charge on any atom is 0.0256 e. The van der Waals surface area contributed by atoms with Crippen molar-refractivity contribution in [2.75, 3.05) is 5.88 Å². The van der Waals surface area contributed by atoms with Crippen LogP contribution in [0.15, 0.2) is 0 Å². The van der Waals surface area contributed by atoms with Crippen LogP contribution in [0.4, 0.5) is 0 Å². The summed E-state index contributed by atoms with van der Waals surface area (Å²) in [6.45, 7) is 11.4. The predicted molar refractivity (Wildman–Crippen MR) is 57.7 cm³/mol. The maximum atomic E-state index is 5.95. The first-order valence-corrected chi connectivity index (χ1v) is 5.51. The fourth-order valence-electron chi connectivity index (χ4n) is 1.30. The summed E-state index contributed by atoms with van der Waals surface area (Å²) in [5, 5.41) is 0. The van der Waals surface area contributed by atoms with Crippen LogP contribution >= 0.6 is 11.6 Å². The zero-order valence-electron chi connectivity index (χ0n) is 9.15. The van der Waals surface area contributed by atoms with Gasteiger partial charge >= 0.3 is 0 Å². The van der Waals surface area contributed by atoms with E-state index in [1.807, 2.05) is 0 Å². The molecule has 0 amide bonds. The highest BCUT2D eigenvalue weighted by atomic mass is 35.5. The molecular weight excluding hydrogens is 168 g/mol. The van der Waals surface area contributed by atoms with E-state index < -0.39 is 0 Å². The van der Waals surface area contributed by atoms with Gasteiger partial charge in [0.1, 0.15) is 0 Å². The van der Waals surface area contributed by atoms with Gasteiger partial charge in [0.05, 0.1) is 0 Å². The Kier molecular flexibility index (Phi) is 5.24. The lowest BCUT2D eigenvalue weighted by Gasteiger charge is -2.30. The minimum absolute atomic E-state index is 0.366.